The molecule has 34 heavy (non-hydrogen) atoms. The Labute approximate surface area is 204 Å². The average Bonchev–Trinajstić information content (AvgIpc) is 3.14. The van der Waals surface area contributed by atoms with Gasteiger partial charge in [-0.25, -0.2) is 8.42 Å². The van der Waals surface area contributed by atoms with E-state index < -0.39 is 10.0 Å². The quantitative estimate of drug-likeness (QED) is 0.631. The first kappa shape index (κ1) is 24.9. The molecule has 6 nitrogen and oxygen atoms in total. The van der Waals surface area contributed by atoms with Crippen LogP contribution in [0, 0.1) is 6.92 Å². The monoisotopic (exact) mass is 483 g/mol. The molecule has 0 bridgehead atoms. The van der Waals surface area contributed by atoms with Crippen molar-refractivity contribution in [3.63, 3.8) is 0 Å². The summed E-state index contributed by atoms with van der Waals surface area (Å²) in [5.74, 6) is -0.250. The Hall–Kier alpha value is -2.22. The SMILES string of the molecule is Cc1ccc(C(=O)NCc2ccccc2CN2CCCCC2)cc1S(=O)(=O)N1CCCCCC1. The Balaban J connectivity index is 1.46. The van der Waals surface area contributed by atoms with Crippen LogP contribution in [0.4, 0.5) is 0 Å². The van der Waals surface area contributed by atoms with Gasteiger partial charge in [0.05, 0.1) is 4.90 Å². The number of benzene rings is 2. The molecule has 0 unspecified atom stereocenters. The molecule has 0 saturated carbocycles. The summed E-state index contributed by atoms with van der Waals surface area (Å²) in [5, 5.41) is 3.01. The molecule has 2 fully saturated rings. The summed E-state index contributed by atoms with van der Waals surface area (Å²) in [4.78, 5) is 15.7. The minimum absolute atomic E-state index is 0.243. The van der Waals surface area contributed by atoms with Crippen LogP contribution in [-0.4, -0.2) is 49.7 Å². The number of aryl methyl sites for hydroxylation is 1. The Morgan fingerprint density at radius 1 is 0.853 bits per heavy atom. The number of hydrogen-bond donors (Lipinski definition) is 1. The summed E-state index contributed by atoms with van der Waals surface area (Å²) < 4.78 is 28.3. The van der Waals surface area contributed by atoms with Crippen LogP contribution in [0.5, 0.6) is 0 Å². The number of piperidine rings is 1. The molecule has 184 valence electrons. The lowest BCUT2D eigenvalue weighted by Gasteiger charge is -2.27. The van der Waals surface area contributed by atoms with Gasteiger partial charge >= 0.3 is 0 Å². The molecule has 1 N–H and O–H groups in total. The fourth-order valence-corrected chi connectivity index (χ4v) is 6.73. The lowest BCUT2D eigenvalue weighted by atomic mass is 10.0. The van der Waals surface area contributed by atoms with Crippen LogP contribution in [0.2, 0.25) is 0 Å². The first-order chi connectivity index (χ1) is 16.4. The number of nitrogens with one attached hydrogen (secondary N) is 1. The Kier molecular flexibility index (Phi) is 8.40. The van der Waals surface area contributed by atoms with Crippen LogP contribution in [0.3, 0.4) is 0 Å². The van der Waals surface area contributed by atoms with Crippen molar-refractivity contribution in [3.05, 3.63) is 64.7 Å². The largest absolute Gasteiger partial charge is 0.348 e. The molecule has 0 radical (unpaired) electrons. The molecule has 2 aromatic rings. The fourth-order valence-electron chi connectivity index (χ4n) is 4.96. The Bertz CT molecular complexity index is 1090. The zero-order valence-electron chi connectivity index (χ0n) is 20.3. The van der Waals surface area contributed by atoms with Crippen LogP contribution in [0.15, 0.2) is 47.4 Å². The number of sulfonamides is 1. The number of rotatable bonds is 7. The minimum atomic E-state index is -3.61. The third-order valence-electron chi connectivity index (χ3n) is 7.03. The van der Waals surface area contributed by atoms with Crippen molar-refractivity contribution in [2.45, 2.75) is 69.9 Å². The summed E-state index contributed by atoms with van der Waals surface area (Å²) in [5.41, 5.74) is 3.39. The van der Waals surface area contributed by atoms with Gasteiger partial charge in [0.15, 0.2) is 0 Å². The maximum atomic E-state index is 13.3. The topological polar surface area (TPSA) is 69.7 Å². The second kappa shape index (κ2) is 11.5. The molecule has 0 aromatic heterocycles. The van der Waals surface area contributed by atoms with Gasteiger partial charge in [0.25, 0.3) is 5.91 Å². The van der Waals surface area contributed by atoms with Crippen LogP contribution in [-0.2, 0) is 23.1 Å². The van der Waals surface area contributed by atoms with E-state index >= 15 is 0 Å². The van der Waals surface area contributed by atoms with E-state index in [0.717, 1.165) is 50.9 Å². The zero-order chi connectivity index (χ0) is 24.0. The molecule has 2 saturated heterocycles. The Morgan fingerprint density at radius 2 is 1.47 bits per heavy atom. The first-order valence-corrected chi connectivity index (χ1v) is 14.1. The molecular weight excluding hydrogens is 446 g/mol. The minimum Gasteiger partial charge on any atom is -0.348 e. The number of nitrogens with zero attached hydrogens (tertiary/aromatic N) is 2. The normalized spacial score (nSPS) is 18.4. The van der Waals surface area contributed by atoms with Crippen molar-refractivity contribution in [1.82, 2.24) is 14.5 Å². The number of likely N-dealkylation sites (tertiary alicyclic amines) is 1. The highest BCUT2D eigenvalue weighted by Gasteiger charge is 2.27. The number of hydrogen-bond acceptors (Lipinski definition) is 4. The van der Waals surface area contributed by atoms with Gasteiger partial charge in [-0.15, -0.1) is 0 Å². The highest BCUT2D eigenvalue weighted by molar-refractivity contribution is 7.89. The highest BCUT2D eigenvalue weighted by atomic mass is 32.2. The lowest BCUT2D eigenvalue weighted by molar-refractivity contribution is 0.0950. The number of carbonyl (C=O) groups excluding carboxylic acids is 1. The van der Waals surface area contributed by atoms with Gasteiger partial charge in [0.1, 0.15) is 0 Å². The molecule has 2 aliphatic heterocycles. The summed E-state index contributed by atoms with van der Waals surface area (Å²) in [6.07, 6.45) is 7.69. The van der Waals surface area contributed by atoms with Gasteiger partial charge in [-0.05, 0) is 74.5 Å². The molecule has 0 atom stereocenters. The third kappa shape index (κ3) is 6.06. The highest BCUT2D eigenvalue weighted by Crippen LogP contribution is 2.24. The van der Waals surface area contributed by atoms with E-state index in [1.807, 2.05) is 12.1 Å². The molecule has 4 rings (SSSR count). The van der Waals surface area contributed by atoms with Crippen molar-refractivity contribution in [1.29, 1.82) is 0 Å². The van der Waals surface area contributed by atoms with Crippen molar-refractivity contribution < 1.29 is 13.2 Å². The summed E-state index contributed by atoms with van der Waals surface area (Å²) in [7, 11) is -3.61. The lowest BCUT2D eigenvalue weighted by Crippen LogP contribution is -2.33. The van der Waals surface area contributed by atoms with Gasteiger partial charge in [-0.2, -0.15) is 4.31 Å². The van der Waals surface area contributed by atoms with E-state index in [4.69, 9.17) is 0 Å². The Morgan fingerprint density at radius 3 is 2.18 bits per heavy atom. The molecule has 2 aromatic carbocycles. The number of amides is 1. The van der Waals surface area contributed by atoms with E-state index in [1.54, 1.807) is 29.4 Å². The number of carbonyl (C=O) groups is 1. The third-order valence-corrected chi connectivity index (χ3v) is 9.07. The summed E-state index contributed by atoms with van der Waals surface area (Å²) in [6.45, 7) is 6.46. The van der Waals surface area contributed by atoms with Gasteiger partial charge in [-0.1, -0.05) is 49.6 Å². The van der Waals surface area contributed by atoms with Gasteiger partial charge in [-0.3, -0.25) is 9.69 Å². The maximum absolute atomic E-state index is 13.3. The van der Waals surface area contributed by atoms with Gasteiger partial charge in [0, 0.05) is 31.7 Å². The molecule has 0 aliphatic carbocycles. The molecule has 7 heteroatoms. The van der Waals surface area contributed by atoms with Crippen LogP contribution in [0.1, 0.15) is 72.0 Å². The predicted molar refractivity (Wildman–Crippen MR) is 135 cm³/mol. The van der Waals surface area contributed by atoms with Crippen LogP contribution < -0.4 is 5.32 Å². The first-order valence-electron chi connectivity index (χ1n) is 12.6. The standard InChI is InChI=1S/C27H37N3O3S/c1-22-13-14-23(19-26(22)34(32,33)30-17-9-2-3-10-18-30)27(31)28-20-24-11-5-6-12-25(24)21-29-15-7-4-8-16-29/h5-6,11-14,19H,2-4,7-10,15-18,20-21H2,1H3,(H,28,31). The second-order valence-corrected chi connectivity index (χ2v) is 11.5. The smallest absolute Gasteiger partial charge is 0.251 e. The summed E-state index contributed by atoms with van der Waals surface area (Å²) >= 11 is 0. The van der Waals surface area contributed by atoms with Crippen LogP contribution in [0.25, 0.3) is 0 Å². The maximum Gasteiger partial charge on any atom is 0.251 e. The second-order valence-electron chi connectivity index (χ2n) is 9.59. The predicted octanol–water partition coefficient (Wildman–Crippen LogP) is 4.48. The average molecular weight is 484 g/mol. The van der Waals surface area contributed by atoms with E-state index in [9.17, 15) is 13.2 Å². The molecule has 1 amide bonds. The molecular formula is C27H37N3O3S. The van der Waals surface area contributed by atoms with Crippen LogP contribution >= 0.6 is 0 Å². The fraction of sp³-hybridized carbons (Fsp3) is 0.519. The zero-order valence-corrected chi connectivity index (χ0v) is 21.1. The molecule has 2 heterocycles. The van der Waals surface area contributed by atoms with Crippen molar-refractivity contribution in [2.75, 3.05) is 26.2 Å². The van der Waals surface area contributed by atoms with Crippen molar-refractivity contribution in [3.8, 4) is 0 Å². The van der Waals surface area contributed by atoms with Gasteiger partial charge in [0.2, 0.25) is 10.0 Å². The van der Waals surface area contributed by atoms with Crippen molar-refractivity contribution in [2.24, 2.45) is 0 Å². The van der Waals surface area contributed by atoms with E-state index in [-0.39, 0.29) is 10.8 Å². The molecule has 0 spiro atoms. The van der Waals surface area contributed by atoms with E-state index in [0.29, 0.717) is 30.8 Å². The van der Waals surface area contributed by atoms with Gasteiger partial charge < -0.3 is 5.32 Å². The van der Waals surface area contributed by atoms with E-state index in [1.165, 1.54) is 24.8 Å². The molecule has 2 aliphatic rings. The van der Waals surface area contributed by atoms with Crippen molar-refractivity contribution >= 4 is 15.9 Å². The summed E-state index contributed by atoms with van der Waals surface area (Å²) in [6, 6.07) is 13.2. The van der Waals surface area contributed by atoms with E-state index in [2.05, 4.69) is 22.3 Å².